The number of carbonyl (C=O) groups is 1. The zero-order chi connectivity index (χ0) is 20.1. The van der Waals surface area contributed by atoms with E-state index < -0.39 is 29.9 Å². The summed E-state index contributed by atoms with van der Waals surface area (Å²) in [6, 6.07) is 0. The van der Waals surface area contributed by atoms with Crippen molar-refractivity contribution < 1.29 is 34.7 Å². The number of hydrogen-bond donors (Lipinski definition) is 4. The van der Waals surface area contributed by atoms with Crippen LogP contribution in [0.5, 0.6) is 0 Å². The molecule has 1 aliphatic rings. The summed E-state index contributed by atoms with van der Waals surface area (Å²) in [5.74, 6) is 0.674. The number of hydrogen-bond acceptors (Lipinski definition) is 8. The summed E-state index contributed by atoms with van der Waals surface area (Å²) in [4.78, 5) is 11.0. The van der Waals surface area contributed by atoms with Gasteiger partial charge in [-0.2, -0.15) is 0 Å². The van der Waals surface area contributed by atoms with Gasteiger partial charge in [0.25, 0.3) is 0 Å². The lowest BCUT2D eigenvalue weighted by atomic mass is 10.0. The molecular weight excluding hydrogens is 372 g/mol. The Kier molecular flexibility index (Phi) is 13.3. The molecule has 0 amide bonds. The number of aliphatic hydroxyl groups is 4. The van der Waals surface area contributed by atoms with Crippen LogP contribution in [0.1, 0.15) is 64.2 Å². The molecule has 1 heterocycles. The molecule has 27 heavy (non-hydrogen) atoms. The highest BCUT2D eigenvalue weighted by Gasteiger charge is 2.43. The standard InChI is InChI=1S/C19H36O7S/c1-25-15(21)11-9-7-5-3-2-4-6-8-10-12-27-19-18(24)17(23)16(22)14(13-20)26-19/h14,16-20,22-24H,2-13H2,1H3/t14-,16-,17+,18-,19?/m1/s1. The molecular formula is C19H36O7S. The maximum Gasteiger partial charge on any atom is 0.305 e. The molecule has 0 radical (unpaired) electrons. The Bertz CT molecular complexity index is 394. The molecule has 160 valence electrons. The van der Waals surface area contributed by atoms with Gasteiger partial charge in [0.15, 0.2) is 0 Å². The van der Waals surface area contributed by atoms with Gasteiger partial charge in [0.05, 0.1) is 13.7 Å². The zero-order valence-electron chi connectivity index (χ0n) is 16.3. The Morgan fingerprint density at radius 3 is 2.00 bits per heavy atom. The molecule has 0 bridgehead atoms. The Balaban J connectivity index is 1.96. The van der Waals surface area contributed by atoms with E-state index in [1.54, 1.807) is 0 Å². The predicted octanol–water partition coefficient (Wildman–Crippen LogP) is 1.59. The fourth-order valence-corrected chi connectivity index (χ4v) is 4.30. The van der Waals surface area contributed by atoms with Crippen molar-refractivity contribution in [2.24, 2.45) is 0 Å². The fraction of sp³-hybridized carbons (Fsp3) is 0.947. The number of unbranched alkanes of at least 4 members (excludes halogenated alkanes) is 8. The van der Waals surface area contributed by atoms with Crippen molar-refractivity contribution >= 4 is 17.7 Å². The van der Waals surface area contributed by atoms with Crippen LogP contribution in [0.15, 0.2) is 0 Å². The molecule has 4 N–H and O–H groups in total. The summed E-state index contributed by atoms with van der Waals surface area (Å²) >= 11 is 1.42. The fourth-order valence-electron chi connectivity index (χ4n) is 3.12. The minimum absolute atomic E-state index is 0.128. The van der Waals surface area contributed by atoms with E-state index in [0.717, 1.165) is 44.3 Å². The maximum absolute atomic E-state index is 11.0. The molecule has 8 heteroatoms. The largest absolute Gasteiger partial charge is 0.469 e. The van der Waals surface area contributed by atoms with E-state index in [1.807, 2.05) is 0 Å². The van der Waals surface area contributed by atoms with Crippen molar-refractivity contribution in [1.82, 2.24) is 0 Å². The molecule has 1 rings (SSSR count). The van der Waals surface area contributed by atoms with E-state index in [4.69, 9.17) is 4.74 Å². The lowest BCUT2D eigenvalue weighted by molar-refractivity contribution is -0.205. The van der Waals surface area contributed by atoms with Gasteiger partial charge in [-0.25, -0.2) is 0 Å². The second-order valence-corrected chi connectivity index (χ2v) is 8.28. The van der Waals surface area contributed by atoms with E-state index in [9.17, 15) is 25.2 Å². The van der Waals surface area contributed by atoms with E-state index in [0.29, 0.717) is 6.42 Å². The third-order valence-corrected chi connectivity index (χ3v) is 6.13. The number of methoxy groups -OCH3 is 1. The Morgan fingerprint density at radius 2 is 1.44 bits per heavy atom. The second kappa shape index (κ2) is 14.6. The molecule has 0 aromatic heterocycles. The SMILES string of the molecule is COC(=O)CCCCCCCCCCCSC1O[C@H](CO)[C@@H](O)[C@H](O)[C@H]1O. The number of thioether (sulfide) groups is 1. The van der Waals surface area contributed by atoms with E-state index >= 15 is 0 Å². The van der Waals surface area contributed by atoms with Crippen LogP contribution in [0, 0.1) is 0 Å². The molecule has 1 saturated heterocycles. The zero-order valence-corrected chi connectivity index (χ0v) is 17.1. The molecule has 1 aliphatic heterocycles. The van der Waals surface area contributed by atoms with Crippen LogP contribution in [0.25, 0.3) is 0 Å². The highest BCUT2D eigenvalue weighted by molar-refractivity contribution is 7.99. The predicted molar refractivity (Wildman–Crippen MR) is 104 cm³/mol. The van der Waals surface area contributed by atoms with Crippen LogP contribution in [-0.4, -0.2) is 75.7 Å². The summed E-state index contributed by atoms with van der Waals surface area (Å²) in [5.41, 5.74) is -0.620. The highest BCUT2D eigenvalue weighted by Crippen LogP contribution is 2.29. The van der Waals surface area contributed by atoms with E-state index in [-0.39, 0.29) is 12.6 Å². The summed E-state index contributed by atoms with van der Waals surface area (Å²) in [6.45, 7) is -0.384. The Morgan fingerprint density at radius 1 is 0.889 bits per heavy atom. The van der Waals surface area contributed by atoms with Crippen LogP contribution >= 0.6 is 11.8 Å². The third kappa shape index (κ3) is 9.58. The number of ether oxygens (including phenoxy) is 2. The minimum atomic E-state index is -1.29. The summed E-state index contributed by atoms with van der Waals surface area (Å²) in [7, 11) is 1.42. The first-order valence-corrected chi connectivity index (χ1v) is 11.0. The van der Waals surface area contributed by atoms with Crippen LogP contribution in [0.3, 0.4) is 0 Å². The first-order valence-electron chi connectivity index (χ1n) is 10.00. The maximum atomic E-state index is 11.0. The van der Waals surface area contributed by atoms with Gasteiger partial charge in [-0.05, 0) is 18.6 Å². The van der Waals surface area contributed by atoms with Crippen LogP contribution in [0.4, 0.5) is 0 Å². The normalized spacial score (nSPS) is 28.3. The van der Waals surface area contributed by atoms with Gasteiger partial charge in [0.1, 0.15) is 29.9 Å². The second-order valence-electron chi connectivity index (χ2n) is 7.08. The Labute approximate surface area is 166 Å². The molecule has 0 spiro atoms. The quantitative estimate of drug-likeness (QED) is 0.253. The van der Waals surface area contributed by atoms with Crippen molar-refractivity contribution in [2.45, 2.75) is 94.1 Å². The lowest BCUT2D eigenvalue weighted by Gasteiger charge is -2.39. The van der Waals surface area contributed by atoms with Gasteiger partial charge in [0, 0.05) is 6.42 Å². The molecule has 0 aliphatic carbocycles. The number of carbonyl (C=O) groups excluding carboxylic acids is 1. The van der Waals surface area contributed by atoms with Crippen molar-refractivity contribution in [3.63, 3.8) is 0 Å². The molecule has 0 aromatic rings. The van der Waals surface area contributed by atoms with Gasteiger partial charge in [0.2, 0.25) is 0 Å². The average molecular weight is 409 g/mol. The highest BCUT2D eigenvalue weighted by atomic mass is 32.2. The van der Waals surface area contributed by atoms with Crippen molar-refractivity contribution in [1.29, 1.82) is 0 Å². The topological polar surface area (TPSA) is 116 Å². The molecule has 7 nitrogen and oxygen atoms in total. The third-order valence-electron chi connectivity index (χ3n) is 4.88. The first kappa shape index (κ1) is 24.7. The first-order chi connectivity index (χ1) is 13.0. The molecule has 5 atom stereocenters. The summed E-state index contributed by atoms with van der Waals surface area (Å²) in [6.07, 6.45) is 5.96. The van der Waals surface area contributed by atoms with Crippen LogP contribution in [0.2, 0.25) is 0 Å². The number of rotatable bonds is 14. The smallest absolute Gasteiger partial charge is 0.305 e. The molecule has 1 unspecified atom stereocenters. The van der Waals surface area contributed by atoms with E-state index in [1.165, 1.54) is 38.1 Å². The average Bonchev–Trinajstić information content (AvgIpc) is 2.68. The van der Waals surface area contributed by atoms with Gasteiger partial charge in [-0.15, -0.1) is 11.8 Å². The summed E-state index contributed by atoms with van der Waals surface area (Å²) < 4.78 is 10.1. The van der Waals surface area contributed by atoms with Gasteiger partial charge < -0.3 is 29.9 Å². The molecule has 0 saturated carbocycles. The minimum Gasteiger partial charge on any atom is -0.469 e. The van der Waals surface area contributed by atoms with Gasteiger partial charge >= 0.3 is 5.97 Å². The van der Waals surface area contributed by atoms with Crippen molar-refractivity contribution in [2.75, 3.05) is 19.5 Å². The van der Waals surface area contributed by atoms with E-state index in [2.05, 4.69) is 4.74 Å². The molecule has 0 aromatic carbocycles. The monoisotopic (exact) mass is 408 g/mol. The number of aliphatic hydroxyl groups excluding tert-OH is 4. The lowest BCUT2D eigenvalue weighted by Crippen LogP contribution is -2.57. The van der Waals surface area contributed by atoms with Crippen LogP contribution in [-0.2, 0) is 14.3 Å². The Hall–Kier alpha value is -0.380. The van der Waals surface area contributed by atoms with Crippen LogP contribution < -0.4 is 0 Å². The van der Waals surface area contributed by atoms with Crippen molar-refractivity contribution in [3.05, 3.63) is 0 Å². The summed E-state index contributed by atoms with van der Waals surface area (Å²) in [5, 5.41) is 38.6. The number of esters is 1. The van der Waals surface area contributed by atoms with Gasteiger partial charge in [-0.3, -0.25) is 4.79 Å². The van der Waals surface area contributed by atoms with Gasteiger partial charge in [-0.1, -0.05) is 44.9 Å². The molecule has 1 fully saturated rings. The van der Waals surface area contributed by atoms with Crippen molar-refractivity contribution in [3.8, 4) is 0 Å².